The number of rotatable bonds is 10. The fourth-order valence-corrected chi connectivity index (χ4v) is 2.70. The van der Waals surface area contributed by atoms with E-state index in [9.17, 15) is 8.42 Å². The van der Waals surface area contributed by atoms with Crippen LogP contribution in [0.3, 0.4) is 0 Å². The summed E-state index contributed by atoms with van der Waals surface area (Å²) in [5.41, 5.74) is 0.964. The predicted molar refractivity (Wildman–Crippen MR) is 117 cm³/mol. The Morgan fingerprint density at radius 3 is 2.35 bits per heavy atom. The van der Waals surface area contributed by atoms with E-state index < -0.39 is 10.0 Å². The Labute approximate surface area is 174 Å². The summed E-state index contributed by atoms with van der Waals surface area (Å²) in [5, 5.41) is 6.37. The first kappa shape index (κ1) is 25.1. The number of aliphatic imine (C=N–C) groups is 1. The number of nitrogens with one attached hydrogen (secondary N) is 3. The minimum Gasteiger partial charge on any atom is -0.380 e. The highest BCUT2D eigenvalue weighted by Gasteiger charge is 2.10. The fraction of sp³-hybridized carbons (Fsp3) is 0.588. The van der Waals surface area contributed by atoms with E-state index in [0.29, 0.717) is 31.6 Å². The molecule has 1 rings (SSSR count). The summed E-state index contributed by atoms with van der Waals surface area (Å²) in [6.45, 7) is 6.98. The van der Waals surface area contributed by atoms with Crippen LogP contribution in [-0.4, -0.2) is 48.2 Å². The summed E-state index contributed by atoms with van der Waals surface area (Å²) >= 11 is 0. The van der Waals surface area contributed by atoms with E-state index in [0.717, 1.165) is 18.6 Å². The molecular weight excluding hydrogens is 467 g/mol. The average Bonchev–Trinajstić information content (AvgIpc) is 2.60. The van der Waals surface area contributed by atoms with E-state index >= 15 is 0 Å². The Balaban J connectivity index is 0.00000625. The lowest BCUT2D eigenvalue weighted by Gasteiger charge is -2.13. The van der Waals surface area contributed by atoms with Crippen molar-refractivity contribution < 1.29 is 13.2 Å². The van der Waals surface area contributed by atoms with Crippen molar-refractivity contribution in [1.82, 2.24) is 15.4 Å². The molecule has 0 saturated carbocycles. The molecule has 3 N–H and O–H groups in total. The van der Waals surface area contributed by atoms with Gasteiger partial charge in [-0.05, 0) is 37.1 Å². The van der Waals surface area contributed by atoms with Crippen LogP contribution in [0.2, 0.25) is 0 Å². The van der Waals surface area contributed by atoms with Gasteiger partial charge in [-0.15, -0.1) is 24.0 Å². The van der Waals surface area contributed by atoms with Gasteiger partial charge in [-0.2, -0.15) is 0 Å². The van der Waals surface area contributed by atoms with Crippen molar-refractivity contribution in [3.63, 3.8) is 0 Å². The van der Waals surface area contributed by atoms with Crippen molar-refractivity contribution >= 4 is 40.0 Å². The Bertz CT molecular complexity index is 634. The molecule has 0 aromatic heterocycles. The van der Waals surface area contributed by atoms with Crippen LogP contribution >= 0.6 is 24.0 Å². The molecule has 0 atom stereocenters. The summed E-state index contributed by atoms with van der Waals surface area (Å²) < 4.78 is 31.2. The Hall–Kier alpha value is -0.910. The molecular formula is C17H31IN4O3S. The van der Waals surface area contributed by atoms with Crippen molar-refractivity contribution in [1.29, 1.82) is 0 Å². The molecule has 0 heterocycles. The summed E-state index contributed by atoms with van der Waals surface area (Å²) in [5.74, 6) is 1.33. The zero-order chi connectivity index (χ0) is 18.7. The molecule has 0 unspecified atom stereocenters. The van der Waals surface area contributed by atoms with Crippen LogP contribution in [0.15, 0.2) is 34.2 Å². The van der Waals surface area contributed by atoms with E-state index in [1.165, 1.54) is 7.05 Å². The second-order valence-corrected chi connectivity index (χ2v) is 7.89. The zero-order valence-corrected chi connectivity index (χ0v) is 19.1. The second-order valence-electron chi connectivity index (χ2n) is 6.00. The first-order valence-electron chi connectivity index (χ1n) is 8.43. The third-order valence-electron chi connectivity index (χ3n) is 3.56. The van der Waals surface area contributed by atoms with Gasteiger partial charge in [-0.1, -0.05) is 26.0 Å². The smallest absolute Gasteiger partial charge is 0.240 e. The molecule has 0 saturated heterocycles. The van der Waals surface area contributed by atoms with Crippen molar-refractivity contribution in [2.24, 2.45) is 10.9 Å². The summed E-state index contributed by atoms with van der Waals surface area (Å²) in [6.07, 6.45) is 1.06. The molecule has 0 amide bonds. The second kappa shape index (κ2) is 13.3. The third kappa shape index (κ3) is 9.70. The first-order valence-corrected chi connectivity index (χ1v) is 9.92. The number of ether oxygens (including phenoxy) is 1. The van der Waals surface area contributed by atoms with Gasteiger partial charge in [0.1, 0.15) is 0 Å². The van der Waals surface area contributed by atoms with Crippen LogP contribution in [0.1, 0.15) is 25.8 Å². The van der Waals surface area contributed by atoms with Gasteiger partial charge in [-0.25, -0.2) is 13.1 Å². The highest BCUT2D eigenvalue weighted by atomic mass is 127. The molecule has 0 aliphatic rings. The highest BCUT2D eigenvalue weighted by Crippen LogP contribution is 2.09. The summed E-state index contributed by atoms with van der Waals surface area (Å²) in [4.78, 5) is 4.40. The molecule has 1 aromatic rings. The molecule has 1 aromatic carbocycles. The number of hydrogen-bond donors (Lipinski definition) is 3. The van der Waals surface area contributed by atoms with Gasteiger partial charge in [0.2, 0.25) is 10.0 Å². The predicted octanol–water partition coefficient (Wildman–Crippen LogP) is 1.94. The molecule has 0 spiro atoms. The standard InChI is InChI=1S/C17H30N4O3S.HI/c1-14(2)9-11-24-12-10-20-17(18-3)21-13-15-5-7-16(8-6-15)25(22,23)19-4;/h5-8,14,19H,9-13H2,1-4H3,(H2,18,20,21);1H. The fourth-order valence-electron chi connectivity index (χ4n) is 1.97. The zero-order valence-electron chi connectivity index (χ0n) is 15.9. The molecule has 7 nitrogen and oxygen atoms in total. The van der Waals surface area contributed by atoms with Gasteiger partial charge >= 0.3 is 0 Å². The maximum absolute atomic E-state index is 11.7. The highest BCUT2D eigenvalue weighted by molar-refractivity contribution is 14.0. The molecule has 0 bridgehead atoms. The number of sulfonamides is 1. The van der Waals surface area contributed by atoms with Gasteiger partial charge in [0.25, 0.3) is 0 Å². The molecule has 0 aliphatic carbocycles. The molecule has 26 heavy (non-hydrogen) atoms. The quantitative estimate of drug-likeness (QED) is 0.199. The van der Waals surface area contributed by atoms with Gasteiger partial charge in [0, 0.05) is 26.7 Å². The maximum Gasteiger partial charge on any atom is 0.240 e. The van der Waals surface area contributed by atoms with Crippen LogP contribution in [-0.2, 0) is 21.3 Å². The van der Waals surface area contributed by atoms with E-state index in [4.69, 9.17) is 4.74 Å². The minimum atomic E-state index is -3.40. The van der Waals surface area contributed by atoms with Crippen LogP contribution in [0.25, 0.3) is 0 Å². The van der Waals surface area contributed by atoms with Gasteiger partial charge in [0.05, 0.1) is 11.5 Å². The van der Waals surface area contributed by atoms with Crippen LogP contribution in [0.5, 0.6) is 0 Å². The molecule has 0 fully saturated rings. The normalized spacial score (nSPS) is 12.0. The molecule has 9 heteroatoms. The number of halogens is 1. The minimum absolute atomic E-state index is 0. The largest absolute Gasteiger partial charge is 0.380 e. The van der Waals surface area contributed by atoms with Gasteiger partial charge in [-0.3, -0.25) is 4.99 Å². The monoisotopic (exact) mass is 498 g/mol. The Kier molecular flexibility index (Phi) is 12.8. The Morgan fingerprint density at radius 1 is 1.15 bits per heavy atom. The first-order chi connectivity index (χ1) is 11.9. The molecule has 0 radical (unpaired) electrons. The number of guanidine groups is 1. The van der Waals surface area contributed by atoms with Crippen LogP contribution < -0.4 is 15.4 Å². The average molecular weight is 498 g/mol. The molecule has 0 aliphatic heterocycles. The summed E-state index contributed by atoms with van der Waals surface area (Å²) in [6, 6.07) is 6.72. The maximum atomic E-state index is 11.7. The van der Waals surface area contributed by atoms with E-state index in [2.05, 4.69) is 34.2 Å². The number of nitrogens with zero attached hydrogens (tertiary/aromatic N) is 1. The SMILES string of the molecule is CN=C(NCCOCCC(C)C)NCc1ccc(S(=O)(=O)NC)cc1.I. The molecule has 150 valence electrons. The third-order valence-corrected chi connectivity index (χ3v) is 4.99. The lowest BCUT2D eigenvalue weighted by molar-refractivity contribution is 0.128. The van der Waals surface area contributed by atoms with Crippen LogP contribution in [0.4, 0.5) is 0 Å². The van der Waals surface area contributed by atoms with Gasteiger partial charge < -0.3 is 15.4 Å². The van der Waals surface area contributed by atoms with Crippen molar-refractivity contribution in [2.45, 2.75) is 31.7 Å². The topological polar surface area (TPSA) is 91.8 Å². The number of hydrogen-bond acceptors (Lipinski definition) is 4. The van der Waals surface area contributed by atoms with E-state index in [-0.39, 0.29) is 28.9 Å². The number of benzene rings is 1. The lowest BCUT2D eigenvalue weighted by Crippen LogP contribution is -2.38. The van der Waals surface area contributed by atoms with Gasteiger partial charge in [0.15, 0.2) is 5.96 Å². The van der Waals surface area contributed by atoms with E-state index in [1.54, 1.807) is 31.3 Å². The van der Waals surface area contributed by atoms with Crippen LogP contribution in [0, 0.1) is 5.92 Å². The van der Waals surface area contributed by atoms with Crippen molar-refractivity contribution in [2.75, 3.05) is 33.9 Å². The van der Waals surface area contributed by atoms with Crippen molar-refractivity contribution in [3.05, 3.63) is 29.8 Å². The lowest BCUT2D eigenvalue weighted by atomic mass is 10.1. The summed E-state index contributed by atoms with van der Waals surface area (Å²) in [7, 11) is -0.295. The Morgan fingerprint density at radius 2 is 1.81 bits per heavy atom. The van der Waals surface area contributed by atoms with Crippen molar-refractivity contribution in [3.8, 4) is 0 Å². The van der Waals surface area contributed by atoms with E-state index in [1.807, 2.05) is 0 Å².